The molecule has 1 amide bonds. The monoisotopic (exact) mass is 304 g/mol. The Morgan fingerprint density at radius 1 is 1.45 bits per heavy atom. The van der Waals surface area contributed by atoms with Crippen molar-refractivity contribution in [1.82, 2.24) is 10.2 Å². The highest BCUT2D eigenvalue weighted by Crippen LogP contribution is 2.39. The molecule has 1 unspecified atom stereocenters. The van der Waals surface area contributed by atoms with Crippen molar-refractivity contribution in [1.29, 1.82) is 0 Å². The van der Waals surface area contributed by atoms with E-state index >= 15 is 0 Å². The van der Waals surface area contributed by atoms with E-state index in [1.54, 1.807) is 30.4 Å². The highest BCUT2D eigenvalue weighted by molar-refractivity contribution is 7.12. The van der Waals surface area contributed by atoms with Crippen molar-refractivity contribution in [3.8, 4) is 0 Å². The summed E-state index contributed by atoms with van der Waals surface area (Å²) in [7, 11) is 3.30. The van der Waals surface area contributed by atoms with E-state index in [9.17, 15) is 22.8 Å². The Kier molecular flexibility index (Phi) is 3.59. The van der Waals surface area contributed by atoms with Crippen LogP contribution in [-0.4, -0.2) is 36.9 Å². The van der Waals surface area contributed by atoms with E-state index in [1.165, 1.54) is 6.20 Å². The molecule has 1 atom stereocenters. The van der Waals surface area contributed by atoms with Gasteiger partial charge in [0.15, 0.2) is 0 Å². The number of hydrogen-bond donors (Lipinski definition) is 1. The summed E-state index contributed by atoms with van der Waals surface area (Å²) in [6, 6.07) is 0.496. The molecule has 20 heavy (non-hydrogen) atoms. The molecule has 0 radical (unpaired) electrons. The fourth-order valence-corrected chi connectivity index (χ4v) is 2.84. The van der Waals surface area contributed by atoms with Gasteiger partial charge in [-0.15, -0.1) is 11.3 Å². The van der Waals surface area contributed by atoms with E-state index < -0.39 is 18.1 Å². The summed E-state index contributed by atoms with van der Waals surface area (Å²) in [5.74, 6) is -2.41. The van der Waals surface area contributed by atoms with Gasteiger partial charge in [0.05, 0.1) is 10.9 Å². The normalized spacial score (nSPS) is 20.1. The molecule has 0 fully saturated rings. The zero-order valence-corrected chi connectivity index (χ0v) is 11.4. The molecule has 0 saturated carbocycles. The summed E-state index contributed by atoms with van der Waals surface area (Å²) in [5.41, 5.74) is 0.542. The molecule has 0 spiro atoms. The number of carbonyl (C=O) groups excluding carboxylic acids is 2. The molecular weight excluding hydrogens is 293 g/mol. The fraction of sp³-hybridized carbons (Fsp3) is 0.333. The van der Waals surface area contributed by atoms with Crippen molar-refractivity contribution >= 4 is 23.0 Å². The molecule has 8 heteroatoms. The molecule has 4 nitrogen and oxygen atoms in total. The minimum absolute atomic E-state index is 0.134. The average Bonchev–Trinajstić information content (AvgIpc) is 2.86. The van der Waals surface area contributed by atoms with Crippen molar-refractivity contribution in [2.24, 2.45) is 0 Å². The summed E-state index contributed by atoms with van der Waals surface area (Å²) in [6.07, 6.45) is -3.55. The molecule has 1 aliphatic carbocycles. The van der Waals surface area contributed by atoms with Gasteiger partial charge in [0.2, 0.25) is 5.78 Å². The first kappa shape index (κ1) is 14.6. The summed E-state index contributed by atoms with van der Waals surface area (Å²) < 4.78 is 37.1. The molecule has 1 N–H and O–H groups in total. The lowest BCUT2D eigenvalue weighted by Gasteiger charge is -2.17. The van der Waals surface area contributed by atoms with E-state index in [0.717, 1.165) is 11.3 Å². The zero-order valence-electron chi connectivity index (χ0n) is 10.6. The number of amides is 1. The standard InChI is InChI=1S/C12H11F3N2O2S/c1-17(2)5-7-8(16-11(19)12(13,14)15)6-3-4-20-10(6)9(7)18/h3-5,8H,1-2H3,(H,16,19)/b7-5-. The van der Waals surface area contributed by atoms with Gasteiger partial charge >= 0.3 is 12.1 Å². The van der Waals surface area contributed by atoms with Crippen LogP contribution < -0.4 is 5.32 Å². The molecule has 1 aliphatic rings. The van der Waals surface area contributed by atoms with Gasteiger partial charge in [-0.25, -0.2) is 0 Å². The molecule has 0 saturated heterocycles. The van der Waals surface area contributed by atoms with Crippen LogP contribution in [0.1, 0.15) is 21.3 Å². The van der Waals surface area contributed by atoms with Crippen molar-refractivity contribution in [3.63, 3.8) is 0 Å². The Morgan fingerprint density at radius 3 is 2.65 bits per heavy atom. The number of alkyl halides is 3. The Hall–Kier alpha value is -1.83. The Balaban J connectivity index is 2.38. The predicted molar refractivity (Wildman–Crippen MR) is 67.4 cm³/mol. The van der Waals surface area contributed by atoms with Gasteiger partial charge in [-0.05, 0) is 11.4 Å². The summed E-state index contributed by atoms with van der Waals surface area (Å²) in [5, 5.41) is 3.49. The maximum Gasteiger partial charge on any atom is 0.471 e. The van der Waals surface area contributed by atoms with Crippen LogP contribution >= 0.6 is 11.3 Å². The lowest BCUT2D eigenvalue weighted by atomic mass is 10.1. The first-order valence-corrected chi connectivity index (χ1v) is 6.47. The molecule has 0 aromatic carbocycles. The molecular formula is C12H11F3N2O2S. The third kappa shape index (κ3) is 2.55. The van der Waals surface area contributed by atoms with Gasteiger partial charge in [0, 0.05) is 31.4 Å². The van der Waals surface area contributed by atoms with Gasteiger partial charge in [-0.3, -0.25) is 9.59 Å². The average molecular weight is 304 g/mol. The second kappa shape index (κ2) is 4.93. The van der Waals surface area contributed by atoms with Crippen molar-refractivity contribution in [3.05, 3.63) is 33.7 Å². The molecule has 0 bridgehead atoms. The van der Waals surface area contributed by atoms with Crippen LogP contribution in [0.3, 0.4) is 0 Å². The minimum atomic E-state index is -4.98. The molecule has 1 aromatic rings. The highest BCUT2D eigenvalue weighted by Gasteiger charge is 2.44. The lowest BCUT2D eigenvalue weighted by Crippen LogP contribution is -2.39. The summed E-state index contributed by atoms with van der Waals surface area (Å²) in [4.78, 5) is 25.1. The van der Waals surface area contributed by atoms with Crippen LogP contribution in [0.5, 0.6) is 0 Å². The first-order valence-electron chi connectivity index (χ1n) is 5.59. The molecule has 2 rings (SSSR count). The van der Waals surface area contributed by atoms with E-state index in [4.69, 9.17) is 0 Å². The van der Waals surface area contributed by atoms with E-state index in [1.807, 2.05) is 5.32 Å². The van der Waals surface area contributed by atoms with E-state index in [-0.39, 0.29) is 11.4 Å². The number of nitrogens with zero attached hydrogens (tertiary/aromatic N) is 1. The first-order chi connectivity index (χ1) is 9.21. The van der Waals surface area contributed by atoms with Crippen molar-refractivity contribution in [2.45, 2.75) is 12.2 Å². The smallest absolute Gasteiger partial charge is 0.383 e. The number of carbonyl (C=O) groups is 2. The molecule has 0 aliphatic heterocycles. The number of halogens is 3. The van der Waals surface area contributed by atoms with Crippen LogP contribution in [0.15, 0.2) is 23.2 Å². The topological polar surface area (TPSA) is 49.4 Å². The van der Waals surface area contributed by atoms with Gasteiger partial charge in [0.25, 0.3) is 0 Å². The Labute approximate surface area is 116 Å². The number of ketones is 1. The molecule has 108 valence electrons. The van der Waals surface area contributed by atoms with Gasteiger partial charge in [0.1, 0.15) is 0 Å². The van der Waals surface area contributed by atoms with Crippen LogP contribution in [0, 0.1) is 0 Å². The van der Waals surface area contributed by atoms with E-state index in [2.05, 4.69) is 0 Å². The molecule has 1 heterocycles. The molecule has 1 aromatic heterocycles. The third-order valence-corrected chi connectivity index (χ3v) is 3.65. The Bertz CT molecular complexity index is 590. The minimum Gasteiger partial charge on any atom is -0.383 e. The van der Waals surface area contributed by atoms with Crippen LogP contribution in [0.25, 0.3) is 0 Å². The Morgan fingerprint density at radius 2 is 2.10 bits per heavy atom. The SMILES string of the molecule is CN(C)/C=C1\C(=O)c2sccc2C1NC(=O)C(F)(F)F. The number of hydrogen-bond acceptors (Lipinski definition) is 4. The third-order valence-electron chi connectivity index (χ3n) is 2.72. The van der Waals surface area contributed by atoms with Gasteiger partial charge in [-0.1, -0.05) is 0 Å². The quantitative estimate of drug-likeness (QED) is 0.851. The summed E-state index contributed by atoms with van der Waals surface area (Å²) >= 11 is 1.15. The van der Waals surface area contributed by atoms with Gasteiger partial charge in [-0.2, -0.15) is 13.2 Å². The van der Waals surface area contributed by atoms with Crippen molar-refractivity contribution < 1.29 is 22.8 Å². The van der Waals surface area contributed by atoms with Crippen LogP contribution in [0.2, 0.25) is 0 Å². The lowest BCUT2D eigenvalue weighted by molar-refractivity contribution is -0.174. The number of rotatable bonds is 2. The number of fused-ring (bicyclic) bond motifs is 1. The highest BCUT2D eigenvalue weighted by atomic mass is 32.1. The predicted octanol–water partition coefficient (Wildman–Crippen LogP) is 2.11. The zero-order chi connectivity index (χ0) is 15.1. The van der Waals surface area contributed by atoms with Crippen LogP contribution in [0.4, 0.5) is 13.2 Å². The van der Waals surface area contributed by atoms with Gasteiger partial charge < -0.3 is 10.2 Å². The van der Waals surface area contributed by atoms with Crippen LogP contribution in [-0.2, 0) is 4.79 Å². The summed E-state index contributed by atoms with van der Waals surface area (Å²) in [6.45, 7) is 0. The largest absolute Gasteiger partial charge is 0.471 e. The number of Topliss-reactive ketones (excluding diaryl/α,β-unsaturated/α-hetero) is 1. The maximum absolute atomic E-state index is 12.4. The van der Waals surface area contributed by atoms with E-state index in [0.29, 0.717) is 10.4 Å². The second-order valence-electron chi connectivity index (χ2n) is 4.49. The van der Waals surface area contributed by atoms with Crippen molar-refractivity contribution in [2.75, 3.05) is 14.1 Å². The fourth-order valence-electron chi connectivity index (χ4n) is 1.94. The second-order valence-corrected chi connectivity index (χ2v) is 5.40. The maximum atomic E-state index is 12.4. The number of nitrogens with one attached hydrogen (secondary N) is 1. The number of thiophene rings is 1.